The number of hydrogen-bond acceptors (Lipinski definition) is 4. The molecule has 114 valence electrons. The molecule has 0 atom stereocenters. The lowest BCUT2D eigenvalue weighted by Gasteiger charge is -2.10. The molecule has 0 aliphatic heterocycles. The lowest BCUT2D eigenvalue weighted by Crippen LogP contribution is -2.21. The van der Waals surface area contributed by atoms with Gasteiger partial charge in [0, 0.05) is 10.5 Å². The number of nitro benzene ring substituents is 1. The number of halogens is 1. The summed E-state index contributed by atoms with van der Waals surface area (Å²) >= 11 is 3.34. The van der Waals surface area contributed by atoms with E-state index in [2.05, 4.69) is 21.2 Å². The number of nitrogens with one attached hydrogen (secondary N) is 1. The summed E-state index contributed by atoms with van der Waals surface area (Å²) in [6, 6.07) is 11.4. The van der Waals surface area contributed by atoms with Gasteiger partial charge in [-0.2, -0.15) is 0 Å². The number of nitro groups is 1. The van der Waals surface area contributed by atoms with Crippen LogP contribution in [0.4, 0.5) is 11.4 Å². The van der Waals surface area contributed by atoms with Crippen LogP contribution in [-0.4, -0.2) is 17.4 Å². The van der Waals surface area contributed by atoms with Crippen LogP contribution in [0.3, 0.4) is 0 Å². The first-order chi connectivity index (χ1) is 10.5. The van der Waals surface area contributed by atoms with Gasteiger partial charge in [0.1, 0.15) is 11.4 Å². The van der Waals surface area contributed by atoms with E-state index in [-0.39, 0.29) is 18.0 Å². The number of rotatable bonds is 5. The zero-order valence-electron chi connectivity index (χ0n) is 11.7. The number of benzene rings is 2. The van der Waals surface area contributed by atoms with Gasteiger partial charge in [0.05, 0.1) is 4.92 Å². The average Bonchev–Trinajstić information content (AvgIpc) is 2.46. The van der Waals surface area contributed by atoms with Gasteiger partial charge in [-0.25, -0.2) is 0 Å². The third-order valence-electron chi connectivity index (χ3n) is 2.87. The number of carbonyl (C=O) groups is 1. The molecule has 0 unspecified atom stereocenters. The van der Waals surface area contributed by atoms with E-state index >= 15 is 0 Å². The quantitative estimate of drug-likeness (QED) is 0.647. The van der Waals surface area contributed by atoms with Gasteiger partial charge >= 0.3 is 0 Å². The molecular formula is C15H13BrN2O4. The number of para-hydroxylation sites is 2. The number of aryl methyl sites for hydroxylation is 1. The monoisotopic (exact) mass is 364 g/mol. The molecule has 0 aliphatic rings. The van der Waals surface area contributed by atoms with Crippen molar-refractivity contribution in [2.24, 2.45) is 0 Å². The van der Waals surface area contributed by atoms with Crippen molar-refractivity contribution in [2.75, 3.05) is 11.9 Å². The zero-order valence-corrected chi connectivity index (χ0v) is 13.3. The summed E-state index contributed by atoms with van der Waals surface area (Å²) in [4.78, 5) is 22.2. The van der Waals surface area contributed by atoms with Crippen molar-refractivity contribution in [3.63, 3.8) is 0 Å². The normalized spacial score (nSPS) is 10.1. The highest BCUT2D eigenvalue weighted by atomic mass is 79.9. The Morgan fingerprint density at radius 1 is 1.32 bits per heavy atom. The predicted octanol–water partition coefficient (Wildman–Crippen LogP) is 3.68. The number of ether oxygens (including phenoxy) is 1. The summed E-state index contributed by atoms with van der Waals surface area (Å²) in [5, 5.41) is 13.4. The van der Waals surface area contributed by atoms with Crippen molar-refractivity contribution in [1.82, 2.24) is 0 Å². The fourth-order valence-electron chi connectivity index (χ4n) is 1.84. The minimum absolute atomic E-state index is 0.147. The third-order valence-corrected chi connectivity index (χ3v) is 3.36. The maximum Gasteiger partial charge on any atom is 0.292 e. The maximum atomic E-state index is 11.9. The number of hydrogen-bond donors (Lipinski definition) is 1. The van der Waals surface area contributed by atoms with Crippen LogP contribution in [0.15, 0.2) is 46.9 Å². The van der Waals surface area contributed by atoms with Crippen molar-refractivity contribution in [3.05, 3.63) is 62.6 Å². The summed E-state index contributed by atoms with van der Waals surface area (Å²) in [6.07, 6.45) is 0. The SMILES string of the molecule is Cc1cc(Br)ccc1OCC(=O)Nc1ccccc1[N+](=O)[O-]. The second-order valence-electron chi connectivity index (χ2n) is 4.52. The van der Waals surface area contributed by atoms with E-state index in [1.165, 1.54) is 18.2 Å². The van der Waals surface area contributed by atoms with Gasteiger partial charge in [0.2, 0.25) is 0 Å². The molecule has 0 saturated carbocycles. The first-order valence-corrected chi connectivity index (χ1v) is 7.19. The Balaban J connectivity index is 2.00. The van der Waals surface area contributed by atoms with Crippen LogP contribution < -0.4 is 10.1 Å². The highest BCUT2D eigenvalue weighted by Gasteiger charge is 2.15. The maximum absolute atomic E-state index is 11.9. The summed E-state index contributed by atoms with van der Waals surface area (Å²) < 4.78 is 6.34. The molecule has 0 fully saturated rings. The molecule has 1 amide bonds. The van der Waals surface area contributed by atoms with Crippen LogP contribution in [0.2, 0.25) is 0 Å². The molecule has 0 spiro atoms. The van der Waals surface area contributed by atoms with Gasteiger partial charge < -0.3 is 10.1 Å². The largest absolute Gasteiger partial charge is 0.483 e. The van der Waals surface area contributed by atoms with Crippen LogP contribution in [0.25, 0.3) is 0 Å². The summed E-state index contributed by atoms with van der Waals surface area (Å²) in [7, 11) is 0. The second kappa shape index (κ2) is 7.04. The van der Waals surface area contributed by atoms with E-state index in [1.54, 1.807) is 12.1 Å². The predicted molar refractivity (Wildman–Crippen MR) is 86.1 cm³/mol. The van der Waals surface area contributed by atoms with Gasteiger partial charge in [-0.15, -0.1) is 0 Å². The van der Waals surface area contributed by atoms with E-state index < -0.39 is 10.8 Å². The van der Waals surface area contributed by atoms with E-state index in [1.807, 2.05) is 19.1 Å². The van der Waals surface area contributed by atoms with Gasteiger partial charge in [0.15, 0.2) is 6.61 Å². The molecule has 0 aliphatic carbocycles. The summed E-state index contributed by atoms with van der Waals surface area (Å²) in [5.41, 5.74) is 0.872. The average molecular weight is 365 g/mol. The molecule has 2 rings (SSSR count). The molecule has 7 heteroatoms. The topological polar surface area (TPSA) is 81.5 Å². The third kappa shape index (κ3) is 4.05. The Hall–Kier alpha value is -2.41. The van der Waals surface area contributed by atoms with Crippen LogP contribution in [0, 0.1) is 17.0 Å². The lowest BCUT2D eigenvalue weighted by atomic mass is 10.2. The van der Waals surface area contributed by atoms with Crippen LogP contribution in [0.5, 0.6) is 5.75 Å². The molecule has 0 aromatic heterocycles. The molecule has 0 heterocycles. The lowest BCUT2D eigenvalue weighted by molar-refractivity contribution is -0.383. The summed E-state index contributed by atoms with van der Waals surface area (Å²) in [6.45, 7) is 1.63. The Kier molecular flexibility index (Phi) is 5.11. The first kappa shape index (κ1) is 16.0. The molecule has 2 aromatic rings. The van der Waals surface area contributed by atoms with Crippen LogP contribution in [-0.2, 0) is 4.79 Å². The Morgan fingerprint density at radius 2 is 2.05 bits per heavy atom. The van der Waals surface area contributed by atoms with Gasteiger partial charge in [0.25, 0.3) is 11.6 Å². The number of carbonyl (C=O) groups excluding carboxylic acids is 1. The minimum Gasteiger partial charge on any atom is -0.483 e. The number of anilines is 1. The minimum atomic E-state index is -0.546. The van der Waals surface area contributed by atoms with Crippen molar-refractivity contribution in [1.29, 1.82) is 0 Å². The standard InChI is InChI=1S/C15H13BrN2O4/c1-10-8-11(16)6-7-14(10)22-9-15(19)17-12-4-2-3-5-13(12)18(20)21/h2-8H,9H2,1H3,(H,17,19). The first-order valence-electron chi connectivity index (χ1n) is 6.39. The van der Waals surface area contributed by atoms with E-state index in [9.17, 15) is 14.9 Å². The molecule has 0 bridgehead atoms. The fraction of sp³-hybridized carbons (Fsp3) is 0.133. The second-order valence-corrected chi connectivity index (χ2v) is 5.44. The Morgan fingerprint density at radius 3 is 2.73 bits per heavy atom. The van der Waals surface area contributed by atoms with E-state index in [4.69, 9.17) is 4.74 Å². The zero-order chi connectivity index (χ0) is 16.1. The Bertz CT molecular complexity index is 718. The van der Waals surface area contributed by atoms with Crippen molar-refractivity contribution >= 4 is 33.2 Å². The molecule has 0 saturated heterocycles. The molecular weight excluding hydrogens is 352 g/mol. The van der Waals surface area contributed by atoms with Gasteiger partial charge in [-0.3, -0.25) is 14.9 Å². The number of nitrogens with zero attached hydrogens (tertiary/aromatic N) is 1. The highest BCUT2D eigenvalue weighted by molar-refractivity contribution is 9.10. The smallest absolute Gasteiger partial charge is 0.292 e. The van der Waals surface area contributed by atoms with E-state index in [0.717, 1.165) is 10.0 Å². The Labute approximate surface area is 135 Å². The highest BCUT2D eigenvalue weighted by Crippen LogP contribution is 2.24. The number of amides is 1. The fourth-order valence-corrected chi connectivity index (χ4v) is 2.32. The molecule has 1 N–H and O–H groups in total. The van der Waals surface area contributed by atoms with Crippen molar-refractivity contribution in [2.45, 2.75) is 6.92 Å². The van der Waals surface area contributed by atoms with Gasteiger partial charge in [-0.1, -0.05) is 28.1 Å². The molecule has 22 heavy (non-hydrogen) atoms. The molecule has 2 aromatic carbocycles. The molecule has 0 radical (unpaired) electrons. The molecule has 6 nitrogen and oxygen atoms in total. The van der Waals surface area contributed by atoms with E-state index in [0.29, 0.717) is 5.75 Å². The van der Waals surface area contributed by atoms with Crippen molar-refractivity contribution in [3.8, 4) is 5.75 Å². The van der Waals surface area contributed by atoms with Gasteiger partial charge in [-0.05, 0) is 36.8 Å². The van der Waals surface area contributed by atoms with Crippen molar-refractivity contribution < 1.29 is 14.5 Å². The van der Waals surface area contributed by atoms with Crippen LogP contribution in [0.1, 0.15) is 5.56 Å². The summed E-state index contributed by atoms with van der Waals surface area (Å²) in [5.74, 6) is 0.123. The van der Waals surface area contributed by atoms with Crippen LogP contribution >= 0.6 is 15.9 Å².